The molecule has 6 heteroatoms. The van der Waals surface area contributed by atoms with Gasteiger partial charge in [0.2, 0.25) is 5.91 Å². The monoisotopic (exact) mass is 340 g/mol. The number of nitrogens with zero attached hydrogens (tertiary/aromatic N) is 2. The molecular formula is C19H17FN2O3. The minimum absolute atomic E-state index is 0.0568. The van der Waals surface area contributed by atoms with Crippen LogP contribution >= 0.6 is 0 Å². The lowest BCUT2D eigenvalue weighted by Gasteiger charge is -2.21. The highest BCUT2D eigenvalue weighted by Crippen LogP contribution is 2.29. The van der Waals surface area contributed by atoms with E-state index in [9.17, 15) is 19.3 Å². The molecule has 2 aromatic rings. The van der Waals surface area contributed by atoms with Crippen LogP contribution in [0.2, 0.25) is 0 Å². The third-order valence-electron chi connectivity index (χ3n) is 4.11. The predicted molar refractivity (Wildman–Crippen MR) is 92.1 cm³/mol. The molecule has 5 nitrogen and oxygen atoms in total. The van der Waals surface area contributed by atoms with Gasteiger partial charge in [-0.3, -0.25) is 14.9 Å². The van der Waals surface area contributed by atoms with Crippen molar-refractivity contribution in [2.24, 2.45) is 0 Å². The number of hydrogen-bond donors (Lipinski definition) is 0. The number of rotatable bonds is 6. The zero-order valence-electron chi connectivity index (χ0n) is 13.5. The molecule has 1 aliphatic carbocycles. The predicted octanol–water partition coefficient (Wildman–Crippen LogP) is 3.94. The molecule has 0 heterocycles. The number of carbonyl (C=O) groups is 1. The molecule has 0 bridgehead atoms. The number of nitro benzene ring substituents is 1. The van der Waals surface area contributed by atoms with Gasteiger partial charge < -0.3 is 4.90 Å². The fourth-order valence-corrected chi connectivity index (χ4v) is 2.63. The van der Waals surface area contributed by atoms with Crippen molar-refractivity contribution in [3.05, 3.63) is 81.7 Å². The summed E-state index contributed by atoms with van der Waals surface area (Å²) in [6, 6.07) is 12.7. The van der Waals surface area contributed by atoms with Gasteiger partial charge in [0.1, 0.15) is 5.82 Å². The summed E-state index contributed by atoms with van der Waals surface area (Å²) in [5, 5.41) is 11.0. The average molecular weight is 340 g/mol. The molecule has 0 saturated heterocycles. The number of benzene rings is 2. The van der Waals surface area contributed by atoms with Crippen molar-refractivity contribution in [2.75, 3.05) is 0 Å². The molecule has 1 saturated carbocycles. The van der Waals surface area contributed by atoms with Crippen LogP contribution in [0.25, 0.3) is 6.08 Å². The van der Waals surface area contributed by atoms with Crippen LogP contribution in [0.5, 0.6) is 0 Å². The fourth-order valence-electron chi connectivity index (χ4n) is 2.63. The molecule has 0 unspecified atom stereocenters. The molecule has 3 rings (SSSR count). The van der Waals surface area contributed by atoms with Gasteiger partial charge in [-0.25, -0.2) is 4.39 Å². The van der Waals surface area contributed by atoms with Gasteiger partial charge in [0.25, 0.3) is 5.69 Å². The van der Waals surface area contributed by atoms with Gasteiger partial charge in [0.15, 0.2) is 0 Å². The van der Waals surface area contributed by atoms with E-state index in [4.69, 9.17) is 0 Å². The molecule has 0 N–H and O–H groups in total. The number of hydrogen-bond acceptors (Lipinski definition) is 3. The summed E-state index contributed by atoms with van der Waals surface area (Å²) in [7, 11) is 0. The molecule has 0 radical (unpaired) electrons. The Labute approximate surface area is 144 Å². The van der Waals surface area contributed by atoms with E-state index in [1.54, 1.807) is 41.3 Å². The van der Waals surface area contributed by atoms with Crippen molar-refractivity contribution in [2.45, 2.75) is 25.4 Å². The second-order valence-electron chi connectivity index (χ2n) is 5.94. The quantitative estimate of drug-likeness (QED) is 0.454. The van der Waals surface area contributed by atoms with Gasteiger partial charge in [-0.15, -0.1) is 0 Å². The van der Waals surface area contributed by atoms with Crippen molar-refractivity contribution in [3.63, 3.8) is 0 Å². The summed E-state index contributed by atoms with van der Waals surface area (Å²) < 4.78 is 13.9. The van der Waals surface area contributed by atoms with Crippen molar-refractivity contribution in [1.82, 2.24) is 4.90 Å². The highest BCUT2D eigenvalue weighted by molar-refractivity contribution is 5.92. The van der Waals surface area contributed by atoms with Crippen molar-refractivity contribution >= 4 is 17.7 Å². The third-order valence-corrected chi connectivity index (χ3v) is 4.11. The Morgan fingerprint density at radius 3 is 2.56 bits per heavy atom. The van der Waals surface area contributed by atoms with Gasteiger partial charge in [-0.2, -0.15) is 0 Å². The highest BCUT2D eigenvalue weighted by atomic mass is 19.1. The number of nitro groups is 1. The van der Waals surface area contributed by atoms with E-state index in [1.165, 1.54) is 24.3 Å². The van der Waals surface area contributed by atoms with Crippen molar-refractivity contribution in [3.8, 4) is 0 Å². The zero-order valence-corrected chi connectivity index (χ0v) is 13.5. The first-order valence-corrected chi connectivity index (χ1v) is 8.02. The zero-order chi connectivity index (χ0) is 17.8. The molecule has 25 heavy (non-hydrogen) atoms. The first kappa shape index (κ1) is 16.8. The van der Waals surface area contributed by atoms with E-state index in [2.05, 4.69) is 0 Å². The Morgan fingerprint density at radius 2 is 1.88 bits per heavy atom. The van der Waals surface area contributed by atoms with Crippen molar-refractivity contribution < 1.29 is 14.1 Å². The molecule has 0 atom stereocenters. The number of para-hydroxylation sites is 1. The van der Waals surface area contributed by atoms with E-state index in [0.717, 1.165) is 12.8 Å². The lowest BCUT2D eigenvalue weighted by Crippen LogP contribution is -2.31. The van der Waals surface area contributed by atoms with Crippen molar-refractivity contribution in [1.29, 1.82) is 0 Å². The standard InChI is InChI=1S/C19H17FN2O3/c20-17-7-3-1-6-15(17)13-21(16-10-11-16)19(23)12-9-14-5-2-4-8-18(14)22(24)25/h1-9,12,16H,10-11,13H2/b12-9+. The topological polar surface area (TPSA) is 63.4 Å². The van der Waals surface area contributed by atoms with E-state index < -0.39 is 4.92 Å². The van der Waals surface area contributed by atoms with E-state index >= 15 is 0 Å². The molecule has 0 spiro atoms. The average Bonchev–Trinajstić information content (AvgIpc) is 3.44. The van der Waals surface area contributed by atoms with Gasteiger partial charge in [-0.1, -0.05) is 30.3 Å². The Kier molecular flexibility index (Phi) is 4.88. The van der Waals surface area contributed by atoms with E-state index in [-0.39, 0.29) is 30.0 Å². The molecule has 1 fully saturated rings. The number of amides is 1. The Hall–Kier alpha value is -3.02. The molecule has 0 aliphatic heterocycles. The second kappa shape index (κ2) is 7.25. The van der Waals surface area contributed by atoms with Gasteiger partial charge in [0, 0.05) is 30.3 Å². The molecule has 0 aromatic heterocycles. The van der Waals surface area contributed by atoms with Crippen LogP contribution < -0.4 is 0 Å². The highest BCUT2D eigenvalue weighted by Gasteiger charge is 2.32. The van der Waals surface area contributed by atoms with Crippen LogP contribution in [0, 0.1) is 15.9 Å². The normalized spacial score (nSPS) is 13.8. The number of carbonyl (C=O) groups excluding carboxylic acids is 1. The lowest BCUT2D eigenvalue weighted by molar-refractivity contribution is -0.385. The maximum Gasteiger partial charge on any atom is 0.276 e. The first-order chi connectivity index (χ1) is 12.1. The molecule has 2 aromatic carbocycles. The summed E-state index contributed by atoms with van der Waals surface area (Å²) >= 11 is 0. The fraction of sp³-hybridized carbons (Fsp3) is 0.211. The number of halogens is 1. The summed E-state index contributed by atoms with van der Waals surface area (Å²) in [4.78, 5) is 24.7. The molecule has 128 valence electrons. The van der Waals surface area contributed by atoms with Crippen LogP contribution in [-0.2, 0) is 11.3 Å². The van der Waals surface area contributed by atoms with Gasteiger partial charge in [0.05, 0.1) is 10.5 Å². The van der Waals surface area contributed by atoms with Crippen LogP contribution in [0.1, 0.15) is 24.0 Å². The molecule has 1 aliphatic rings. The van der Waals surface area contributed by atoms with Crippen LogP contribution in [0.15, 0.2) is 54.6 Å². The Bertz CT molecular complexity index is 831. The molecular weight excluding hydrogens is 323 g/mol. The van der Waals surface area contributed by atoms with E-state index in [0.29, 0.717) is 11.1 Å². The SMILES string of the molecule is O=C(/C=C/c1ccccc1[N+](=O)[O-])N(Cc1ccccc1F)C1CC1. The molecule has 1 amide bonds. The first-order valence-electron chi connectivity index (χ1n) is 8.02. The Balaban J connectivity index is 1.78. The smallest absolute Gasteiger partial charge is 0.276 e. The largest absolute Gasteiger partial charge is 0.332 e. The van der Waals surface area contributed by atoms with Gasteiger partial charge >= 0.3 is 0 Å². The maximum atomic E-state index is 13.9. The van der Waals surface area contributed by atoms with E-state index in [1.807, 2.05) is 0 Å². The minimum atomic E-state index is -0.484. The van der Waals surface area contributed by atoms with Gasteiger partial charge in [-0.05, 0) is 31.1 Å². The minimum Gasteiger partial charge on any atom is -0.332 e. The maximum absolute atomic E-state index is 13.9. The lowest BCUT2D eigenvalue weighted by atomic mass is 10.1. The van der Waals surface area contributed by atoms with Crippen LogP contribution in [0.4, 0.5) is 10.1 Å². The summed E-state index contributed by atoms with van der Waals surface area (Å²) in [6.07, 6.45) is 4.54. The summed E-state index contributed by atoms with van der Waals surface area (Å²) in [5.74, 6) is -0.618. The second-order valence-corrected chi connectivity index (χ2v) is 5.94. The summed E-state index contributed by atoms with van der Waals surface area (Å²) in [6.45, 7) is 0.192. The summed E-state index contributed by atoms with van der Waals surface area (Å²) in [5.41, 5.74) is 0.767. The third kappa shape index (κ3) is 4.09. The van der Waals surface area contributed by atoms with Crippen LogP contribution in [0.3, 0.4) is 0 Å². The van der Waals surface area contributed by atoms with Crippen LogP contribution in [-0.4, -0.2) is 21.8 Å². The Morgan fingerprint density at radius 1 is 1.20 bits per heavy atom.